The lowest BCUT2D eigenvalue weighted by Gasteiger charge is -2.06. The number of methoxy groups -OCH3 is 2. The highest BCUT2D eigenvalue weighted by Crippen LogP contribution is 2.21. The number of nitrogens with one attached hydrogen (secondary N) is 1. The van der Waals surface area contributed by atoms with Crippen molar-refractivity contribution in [2.24, 2.45) is 0 Å². The van der Waals surface area contributed by atoms with Crippen molar-refractivity contribution in [3.05, 3.63) is 78.8 Å². The SMILES string of the molecule is COc1ccc(Cn2cc(Nc3ccnc(-c4ccc(OC)cc4)n3)cn2)cc1. The fraction of sp³-hybridized carbons (Fsp3) is 0.136. The first-order chi connectivity index (χ1) is 14.2. The van der Waals surface area contributed by atoms with Crippen LogP contribution >= 0.6 is 0 Å². The summed E-state index contributed by atoms with van der Waals surface area (Å²) in [5, 5.41) is 7.70. The molecular weight excluding hydrogens is 366 g/mol. The molecule has 0 amide bonds. The Morgan fingerprint density at radius 3 is 2.28 bits per heavy atom. The van der Waals surface area contributed by atoms with Gasteiger partial charge in [0.05, 0.1) is 32.6 Å². The second kappa shape index (κ2) is 8.43. The van der Waals surface area contributed by atoms with Gasteiger partial charge in [-0.15, -0.1) is 0 Å². The molecule has 2 aromatic carbocycles. The molecule has 4 aromatic rings. The zero-order chi connectivity index (χ0) is 20.1. The summed E-state index contributed by atoms with van der Waals surface area (Å²) in [6.07, 6.45) is 5.45. The van der Waals surface area contributed by atoms with E-state index >= 15 is 0 Å². The Morgan fingerprint density at radius 1 is 0.897 bits per heavy atom. The summed E-state index contributed by atoms with van der Waals surface area (Å²) in [6.45, 7) is 0.673. The monoisotopic (exact) mass is 387 g/mol. The lowest BCUT2D eigenvalue weighted by atomic mass is 10.2. The quantitative estimate of drug-likeness (QED) is 0.514. The molecule has 0 bridgehead atoms. The van der Waals surface area contributed by atoms with Crippen LogP contribution in [0.1, 0.15) is 5.56 Å². The molecular formula is C22H21N5O2. The summed E-state index contributed by atoms with van der Waals surface area (Å²) in [6, 6.07) is 17.4. The van der Waals surface area contributed by atoms with Crippen molar-refractivity contribution in [3.63, 3.8) is 0 Å². The van der Waals surface area contributed by atoms with Gasteiger partial charge in [0, 0.05) is 18.0 Å². The highest BCUT2D eigenvalue weighted by Gasteiger charge is 2.06. The van der Waals surface area contributed by atoms with E-state index in [1.807, 2.05) is 65.5 Å². The Hall–Kier alpha value is -3.87. The molecule has 0 radical (unpaired) electrons. The molecule has 7 heteroatoms. The molecule has 0 aliphatic carbocycles. The van der Waals surface area contributed by atoms with Gasteiger partial charge in [-0.1, -0.05) is 12.1 Å². The number of rotatable bonds is 7. The predicted octanol–water partition coefficient (Wildman–Crippen LogP) is 4.15. The minimum atomic E-state index is 0.642. The van der Waals surface area contributed by atoms with Gasteiger partial charge in [-0.2, -0.15) is 5.10 Å². The molecule has 0 aliphatic heterocycles. The van der Waals surface area contributed by atoms with Crippen molar-refractivity contribution in [3.8, 4) is 22.9 Å². The molecule has 0 atom stereocenters. The minimum Gasteiger partial charge on any atom is -0.497 e. The summed E-state index contributed by atoms with van der Waals surface area (Å²) in [5.74, 6) is 2.98. The van der Waals surface area contributed by atoms with E-state index in [9.17, 15) is 0 Å². The second-order valence-electron chi connectivity index (χ2n) is 6.39. The molecule has 1 N–H and O–H groups in total. The van der Waals surface area contributed by atoms with E-state index in [4.69, 9.17) is 9.47 Å². The van der Waals surface area contributed by atoms with Gasteiger partial charge in [0.1, 0.15) is 17.3 Å². The van der Waals surface area contributed by atoms with Gasteiger partial charge in [0.25, 0.3) is 0 Å². The molecule has 2 heterocycles. The molecule has 7 nitrogen and oxygen atoms in total. The third-order valence-electron chi connectivity index (χ3n) is 4.41. The Morgan fingerprint density at radius 2 is 1.59 bits per heavy atom. The van der Waals surface area contributed by atoms with Gasteiger partial charge in [0.2, 0.25) is 0 Å². The summed E-state index contributed by atoms with van der Waals surface area (Å²) < 4.78 is 12.3. The van der Waals surface area contributed by atoms with Crippen LogP contribution in [0, 0.1) is 0 Å². The molecule has 0 unspecified atom stereocenters. The summed E-state index contributed by atoms with van der Waals surface area (Å²) in [4.78, 5) is 8.95. The molecule has 29 heavy (non-hydrogen) atoms. The van der Waals surface area contributed by atoms with Gasteiger partial charge >= 0.3 is 0 Å². The van der Waals surface area contributed by atoms with Crippen molar-refractivity contribution < 1.29 is 9.47 Å². The smallest absolute Gasteiger partial charge is 0.161 e. The second-order valence-corrected chi connectivity index (χ2v) is 6.39. The fourth-order valence-electron chi connectivity index (χ4n) is 2.89. The molecule has 0 aliphatic rings. The van der Waals surface area contributed by atoms with Crippen molar-refractivity contribution >= 4 is 11.5 Å². The van der Waals surface area contributed by atoms with E-state index in [1.54, 1.807) is 26.6 Å². The Labute approximate surface area is 169 Å². The van der Waals surface area contributed by atoms with Crippen molar-refractivity contribution in [1.82, 2.24) is 19.7 Å². The van der Waals surface area contributed by atoms with E-state index in [0.29, 0.717) is 18.2 Å². The maximum absolute atomic E-state index is 5.20. The molecule has 4 rings (SSSR count). The van der Waals surface area contributed by atoms with Crippen LogP contribution in [0.5, 0.6) is 11.5 Å². The lowest BCUT2D eigenvalue weighted by Crippen LogP contribution is -2.00. The maximum Gasteiger partial charge on any atom is 0.161 e. The van der Waals surface area contributed by atoms with Gasteiger partial charge in [-0.05, 0) is 48.0 Å². The minimum absolute atomic E-state index is 0.642. The van der Waals surface area contributed by atoms with Crippen LogP contribution in [0.4, 0.5) is 11.5 Å². The maximum atomic E-state index is 5.20. The molecule has 0 saturated heterocycles. The molecule has 146 valence electrons. The topological polar surface area (TPSA) is 74.1 Å². The number of anilines is 2. The van der Waals surface area contributed by atoms with Crippen LogP contribution in [0.25, 0.3) is 11.4 Å². The van der Waals surface area contributed by atoms with E-state index < -0.39 is 0 Å². The summed E-state index contributed by atoms with van der Waals surface area (Å²) in [7, 11) is 3.30. The van der Waals surface area contributed by atoms with Crippen LogP contribution in [-0.2, 0) is 6.54 Å². The normalized spacial score (nSPS) is 10.6. The number of benzene rings is 2. The van der Waals surface area contributed by atoms with Crippen molar-refractivity contribution in [2.45, 2.75) is 6.54 Å². The Balaban J connectivity index is 1.45. The molecule has 2 aromatic heterocycles. The number of hydrogen-bond acceptors (Lipinski definition) is 6. The molecule has 0 saturated carbocycles. The van der Waals surface area contributed by atoms with Crippen molar-refractivity contribution in [1.29, 1.82) is 0 Å². The van der Waals surface area contributed by atoms with Crippen LogP contribution in [0.3, 0.4) is 0 Å². The first-order valence-electron chi connectivity index (χ1n) is 9.13. The highest BCUT2D eigenvalue weighted by molar-refractivity contribution is 5.60. The average molecular weight is 387 g/mol. The zero-order valence-electron chi connectivity index (χ0n) is 16.2. The van der Waals surface area contributed by atoms with E-state index in [1.165, 1.54) is 0 Å². The van der Waals surface area contributed by atoms with E-state index in [-0.39, 0.29) is 0 Å². The van der Waals surface area contributed by atoms with Gasteiger partial charge in [0.15, 0.2) is 5.82 Å². The van der Waals surface area contributed by atoms with Crippen LogP contribution in [0.2, 0.25) is 0 Å². The van der Waals surface area contributed by atoms with Crippen LogP contribution < -0.4 is 14.8 Å². The van der Waals surface area contributed by atoms with Crippen molar-refractivity contribution in [2.75, 3.05) is 19.5 Å². The van der Waals surface area contributed by atoms with Gasteiger partial charge in [-0.3, -0.25) is 4.68 Å². The largest absolute Gasteiger partial charge is 0.497 e. The first kappa shape index (κ1) is 18.5. The summed E-state index contributed by atoms with van der Waals surface area (Å²) >= 11 is 0. The number of nitrogens with zero attached hydrogens (tertiary/aromatic N) is 4. The van der Waals surface area contributed by atoms with Crippen LogP contribution in [0.15, 0.2) is 73.2 Å². The van der Waals surface area contributed by atoms with Gasteiger partial charge < -0.3 is 14.8 Å². The summed E-state index contributed by atoms with van der Waals surface area (Å²) in [5.41, 5.74) is 2.92. The zero-order valence-corrected chi connectivity index (χ0v) is 16.2. The highest BCUT2D eigenvalue weighted by atomic mass is 16.5. The molecule has 0 fully saturated rings. The third kappa shape index (κ3) is 4.52. The van der Waals surface area contributed by atoms with Gasteiger partial charge in [-0.25, -0.2) is 9.97 Å². The Kier molecular flexibility index (Phi) is 5.38. The predicted molar refractivity (Wildman–Crippen MR) is 112 cm³/mol. The lowest BCUT2D eigenvalue weighted by molar-refractivity contribution is 0.414. The number of ether oxygens (including phenoxy) is 2. The molecule has 0 spiro atoms. The third-order valence-corrected chi connectivity index (χ3v) is 4.41. The Bertz CT molecular complexity index is 1080. The average Bonchev–Trinajstić information content (AvgIpc) is 3.21. The number of aromatic nitrogens is 4. The van der Waals surface area contributed by atoms with E-state index in [0.717, 1.165) is 28.3 Å². The van der Waals surface area contributed by atoms with Crippen LogP contribution in [-0.4, -0.2) is 34.0 Å². The fourth-order valence-corrected chi connectivity index (χ4v) is 2.89. The number of hydrogen-bond donors (Lipinski definition) is 1. The first-order valence-corrected chi connectivity index (χ1v) is 9.13. The standard InChI is InChI=1S/C22H21N5O2/c1-28-19-7-3-16(4-8-19)14-27-15-18(13-24-27)25-21-11-12-23-22(26-21)17-5-9-20(29-2)10-6-17/h3-13,15H,14H2,1-2H3,(H,23,25,26). The van der Waals surface area contributed by atoms with E-state index in [2.05, 4.69) is 20.4 Å².